The molecular weight excluding hydrogens is 416 g/mol. The minimum atomic E-state index is -0.970. The molecular formula is C24H20O6S. The van der Waals surface area contributed by atoms with Gasteiger partial charge >= 0.3 is 0 Å². The van der Waals surface area contributed by atoms with Crippen molar-refractivity contribution in [3.63, 3.8) is 0 Å². The molecule has 0 fully saturated rings. The number of ketones is 1. The van der Waals surface area contributed by atoms with Gasteiger partial charge < -0.3 is 25.2 Å². The van der Waals surface area contributed by atoms with E-state index in [0.717, 1.165) is 20.5 Å². The van der Waals surface area contributed by atoms with E-state index in [0.29, 0.717) is 16.9 Å². The number of carbonyl (C=O) groups excluding carboxylic acids is 1. The van der Waals surface area contributed by atoms with Gasteiger partial charge in [0.1, 0.15) is 30.0 Å². The molecule has 7 heteroatoms. The minimum Gasteiger partial charge on any atom is -0.508 e. The number of aliphatic hydroxyl groups excluding tert-OH is 2. The van der Waals surface area contributed by atoms with E-state index in [4.69, 9.17) is 9.84 Å². The second-order valence-corrected chi connectivity index (χ2v) is 8.09. The topological polar surface area (TPSA) is 107 Å². The molecule has 0 radical (unpaired) electrons. The van der Waals surface area contributed by atoms with Gasteiger partial charge in [-0.1, -0.05) is 0 Å². The lowest BCUT2D eigenvalue weighted by Gasteiger charge is -2.10. The Morgan fingerprint density at radius 1 is 0.935 bits per heavy atom. The van der Waals surface area contributed by atoms with Crippen molar-refractivity contribution in [3.8, 4) is 27.7 Å². The summed E-state index contributed by atoms with van der Waals surface area (Å²) in [5, 5.41) is 38.5. The van der Waals surface area contributed by atoms with Crippen LogP contribution in [0.25, 0.3) is 20.5 Å². The van der Waals surface area contributed by atoms with E-state index < -0.39 is 12.7 Å². The number of phenols is 2. The lowest BCUT2D eigenvalue weighted by atomic mass is 9.97. The molecule has 1 aromatic heterocycles. The van der Waals surface area contributed by atoms with Crippen LogP contribution in [0, 0.1) is 0 Å². The first kappa shape index (κ1) is 20.9. The van der Waals surface area contributed by atoms with Gasteiger partial charge in [-0.2, -0.15) is 0 Å². The van der Waals surface area contributed by atoms with Gasteiger partial charge in [0.2, 0.25) is 0 Å². The smallest absolute Gasteiger partial charge is 0.195 e. The molecule has 1 heterocycles. The molecule has 0 saturated heterocycles. The van der Waals surface area contributed by atoms with Gasteiger partial charge in [-0.3, -0.25) is 4.79 Å². The SMILES string of the molecule is O=C(c1ccc(OC[C@H](O)CO)cc1)c1c(-c2ccc(O)cc2)sc2cc(O)ccc12. The van der Waals surface area contributed by atoms with E-state index in [1.165, 1.54) is 11.3 Å². The van der Waals surface area contributed by atoms with Gasteiger partial charge in [-0.05, 0) is 72.3 Å². The maximum atomic E-state index is 13.5. The predicted octanol–water partition coefficient (Wildman–Crippen LogP) is 3.94. The van der Waals surface area contributed by atoms with E-state index in [9.17, 15) is 20.1 Å². The summed E-state index contributed by atoms with van der Waals surface area (Å²) < 4.78 is 6.18. The van der Waals surface area contributed by atoms with Crippen LogP contribution >= 0.6 is 11.3 Å². The Bertz CT molecular complexity index is 1210. The number of aliphatic hydroxyl groups is 2. The molecule has 4 N–H and O–H groups in total. The van der Waals surface area contributed by atoms with Crippen LogP contribution in [0.4, 0.5) is 0 Å². The Hall–Kier alpha value is -3.39. The lowest BCUT2D eigenvalue weighted by Crippen LogP contribution is -2.21. The molecule has 4 rings (SSSR count). The van der Waals surface area contributed by atoms with Gasteiger partial charge in [0.15, 0.2) is 5.78 Å². The van der Waals surface area contributed by atoms with E-state index in [1.54, 1.807) is 66.7 Å². The predicted molar refractivity (Wildman–Crippen MR) is 119 cm³/mol. The normalized spacial score (nSPS) is 12.1. The van der Waals surface area contributed by atoms with Crippen LogP contribution in [0.3, 0.4) is 0 Å². The molecule has 6 nitrogen and oxygen atoms in total. The van der Waals surface area contributed by atoms with E-state index >= 15 is 0 Å². The number of hydrogen-bond donors (Lipinski definition) is 4. The van der Waals surface area contributed by atoms with Crippen molar-refractivity contribution >= 4 is 27.2 Å². The van der Waals surface area contributed by atoms with Gasteiger partial charge in [0.05, 0.1) is 6.61 Å². The Morgan fingerprint density at radius 2 is 1.61 bits per heavy atom. The second kappa shape index (κ2) is 8.77. The molecule has 0 amide bonds. The van der Waals surface area contributed by atoms with Crippen molar-refractivity contribution in [2.24, 2.45) is 0 Å². The van der Waals surface area contributed by atoms with Crippen LogP contribution in [0.1, 0.15) is 15.9 Å². The molecule has 4 aromatic rings. The Kier molecular flexibility index (Phi) is 5.90. The van der Waals surface area contributed by atoms with Crippen LogP contribution in [0.5, 0.6) is 17.2 Å². The van der Waals surface area contributed by atoms with Crippen molar-refractivity contribution in [1.29, 1.82) is 0 Å². The zero-order valence-electron chi connectivity index (χ0n) is 16.4. The minimum absolute atomic E-state index is 0.0482. The summed E-state index contributed by atoms with van der Waals surface area (Å²) in [5.74, 6) is 0.554. The third-order valence-corrected chi connectivity index (χ3v) is 6.00. The Balaban J connectivity index is 1.73. The summed E-state index contributed by atoms with van der Waals surface area (Å²) in [5.41, 5.74) is 1.78. The highest BCUT2D eigenvalue weighted by atomic mass is 32.1. The van der Waals surface area contributed by atoms with Gasteiger partial charge in [0, 0.05) is 26.1 Å². The molecule has 31 heavy (non-hydrogen) atoms. The number of benzene rings is 3. The fourth-order valence-electron chi connectivity index (χ4n) is 3.22. The molecule has 0 aliphatic rings. The summed E-state index contributed by atoms with van der Waals surface area (Å²) in [6.45, 7) is -0.440. The molecule has 0 aliphatic carbocycles. The largest absolute Gasteiger partial charge is 0.508 e. The molecule has 158 valence electrons. The summed E-state index contributed by atoms with van der Waals surface area (Å²) in [7, 11) is 0. The van der Waals surface area contributed by atoms with E-state index in [2.05, 4.69) is 0 Å². The zero-order chi connectivity index (χ0) is 22.0. The highest BCUT2D eigenvalue weighted by Gasteiger charge is 2.22. The fourth-order valence-corrected chi connectivity index (χ4v) is 4.46. The van der Waals surface area contributed by atoms with E-state index in [1.807, 2.05) is 0 Å². The monoisotopic (exact) mass is 436 g/mol. The molecule has 0 unspecified atom stereocenters. The van der Waals surface area contributed by atoms with Crippen molar-refractivity contribution in [1.82, 2.24) is 0 Å². The maximum absolute atomic E-state index is 13.5. The number of rotatable bonds is 7. The molecule has 0 saturated carbocycles. The number of ether oxygens (including phenoxy) is 1. The average molecular weight is 436 g/mol. The number of carbonyl (C=O) groups is 1. The van der Waals surface area contributed by atoms with Crippen LogP contribution in [0.2, 0.25) is 0 Å². The standard InChI is InChI=1S/C24H20O6S/c25-12-18(28)13-30-19-8-3-14(4-9-19)23(29)22-20-10-7-17(27)11-21(20)31-24(22)15-1-5-16(26)6-2-15/h1-11,18,25-28H,12-13H2/t18-/m1/s1. The number of thiophene rings is 1. The van der Waals surface area contributed by atoms with Crippen LogP contribution < -0.4 is 4.74 Å². The number of aromatic hydroxyl groups is 2. The Morgan fingerprint density at radius 3 is 2.29 bits per heavy atom. The van der Waals surface area contributed by atoms with Crippen molar-refractivity contribution in [2.45, 2.75) is 6.10 Å². The second-order valence-electron chi connectivity index (χ2n) is 7.03. The molecule has 0 aliphatic heterocycles. The van der Waals surface area contributed by atoms with Crippen molar-refractivity contribution < 1.29 is 30.0 Å². The van der Waals surface area contributed by atoms with Crippen LogP contribution in [-0.4, -0.2) is 45.5 Å². The van der Waals surface area contributed by atoms with Gasteiger partial charge in [-0.15, -0.1) is 11.3 Å². The van der Waals surface area contributed by atoms with Crippen molar-refractivity contribution in [2.75, 3.05) is 13.2 Å². The number of fused-ring (bicyclic) bond motifs is 1. The number of phenolic OH excluding ortho intramolecular Hbond substituents is 2. The van der Waals surface area contributed by atoms with Crippen LogP contribution in [-0.2, 0) is 0 Å². The summed E-state index contributed by atoms with van der Waals surface area (Å²) >= 11 is 1.40. The first-order valence-electron chi connectivity index (χ1n) is 9.57. The first-order valence-corrected chi connectivity index (χ1v) is 10.4. The highest BCUT2D eigenvalue weighted by Crippen LogP contribution is 2.41. The average Bonchev–Trinajstić information content (AvgIpc) is 3.16. The Labute approximate surface area is 182 Å². The summed E-state index contributed by atoms with van der Waals surface area (Å²) in [4.78, 5) is 14.2. The summed E-state index contributed by atoms with van der Waals surface area (Å²) in [6, 6.07) is 18.1. The summed E-state index contributed by atoms with van der Waals surface area (Å²) in [6.07, 6.45) is -0.970. The van der Waals surface area contributed by atoms with Gasteiger partial charge in [-0.25, -0.2) is 0 Å². The maximum Gasteiger partial charge on any atom is 0.195 e. The van der Waals surface area contributed by atoms with E-state index in [-0.39, 0.29) is 23.9 Å². The van der Waals surface area contributed by atoms with Crippen molar-refractivity contribution in [3.05, 3.63) is 77.9 Å². The highest BCUT2D eigenvalue weighted by molar-refractivity contribution is 7.22. The lowest BCUT2D eigenvalue weighted by molar-refractivity contribution is 0.0536. The van der Waals surface area contributed by atoms with Crippen LogP contribution in [0.15, 0.2) is 66.7 Å². The quantitative estimate of drug-likeness (QED) is 0.327. The third-order valence-electron chi connectivity index (χ3n) is 4.80. The van der Waals surface area contributed by atoms with Gasteiger partial charge in [0.25, 0.3) is 0 Å². The molecule has 0 bridgehead atoms. The molecule has 0 spiro atoms. The molecule has 3 aromatic carbocycles. The first-order chi connectivity index (χ1) is 15.0. The third kappa shape index (κ3) is 4.39. The fraction of sp³-hybridized carbons (Fsp3) is 0.125. The number of hydrogen-bond acceptors (Lipinski definition) is 7. The zero-order valence-corrected chi connectivity index (χ0v) is 17.2. The molecule has 1 atom stereocenters.